The predicted molar refractivity (Wildman–Crippen MR) is 51.0 cm³/mol. The van der Waals surface area contributed by atoms with E-state index in [1.807, 2.05) is 27.7 Å². The van der Waals surface area contributed by atoms with Crippen molar-refractivity contribution in [1.82, 2.24) is 9.55 Å². The molecule has 0 aliphatic heterocycles. The van der Waals surface area contributed by atoms with Crippen molar-refractivity contribution in [2.45, 2.75) is 27.7 Å². The minimum Gasteiger partial charge on any atom is -0.409 e. The molecule has 0 saturated carbocycles. The maximum Gasteiger partial charge on any atom is 0.159 e. The van der Waals surface area contributed by atoms with E-state index in [1.54, 1.807) is 17.0 Å². The van der Waals surface area contributed by atoms with Gasteiger partial charge in [-0.3, -0.25) is 4.57 Å². The lowest BCUT2D eigenvalue weighted by atomic mass is 9.95. The Labute approximate surface area is 77.9 Å². The minimum atomic E-state index is -0.194. The van der Waals surface area contributed by atoms with Gasteiger partial charge in [0.25, 0.3) is 0 Å². The van der Waals surface area contributed by atoms with Gasteiger partial charge in [0.2, 0.25) is 0 Å². The summed E-state index contributed by atoms with van der Waals surface area (Å²) in [5.74, 6) is 1.42. The first-order valence-corrected chi connectivity index (χ1v) is 4.19. The summed E-state index contributed by atoms with van der Waals surface area (Å²) in [4.78, 5) is 4.07. The molecule has 0 bridgehead atoms. The number of oxime groups is 1. The van der Waals surface area contributed by atoms with Gasteiger partial charge in [-0.25, -0.2) is 4.98 Å². The molecule has 0 atom stereocenters. The van der Waals surface area contributed by atoms with E-state index < -0.39 is 0 Å². The van der Waals surface area contributed by atoms with Crippen LogP contribution in [0.5, 0.6) is 0 Å². The predicted octanol–water partition coefficient (Wildman–Crippen LogP) is 1.87. The van der Waals surface area contributed by atoms with Gasteiger partial charge in [0.05, 0.1) is 0 Å². The standard InChI is InChI=1S/C9H15N3O/c1-7-10-5-6-12(7)8(11-13)9(2,3)4/h5-6,13H,1-4H3. The van der Waals surface area contributed by atoms with Gasteiger partial charge in [-0.1, -0.05) is 25.9 Å². The van der Waals surface area contributed by atoms with Crippen LogP contribution in [0.2, 0.25) is 0 Å². The highest BCUT2D eigenvalue weighted by Crippen LogP contribution is 2.18. The molecule has 1 aromatic rings. The largest absolute Gasteiger partial charge is 0.409 e. The van der Waals surface area contributed by atoms with Crippen LogP contribution in [0.25, 0.3) is 0 Å². The summed E-state index contributed by atoms with van der Waals surface area (Å²) in [6.07, 6.45) is 3.47. The fraction of sp³-hybridized carbons (Fsp3) is 0.556. The van der Waals surface area contributed by atoms with Crippen molar-refractivity contribution < 1.29 is 5.21 Å². The van der Waals surface area contributed by atoms with E-state index in [4.69, 9.17) is 5.21 Å². The highest BCUT2D eigenvalue weighted by molar-refractivity contribution is 5.89. The van der Waals surface area contributed by atoms with E-state index in [9.17, 15) is 0 Å². The van der Waals surface area contributed by atoms with Crippen LogP contribution in [0.15, 0.2) is 17.5 Å². The lowest BCUT2D eigenvalue weighted by Gasteiger charge is -2.20. The first-order valence-electron chi connectivity index (χ1n) is 4.19. The first-order chi connectivity index (χ1) is 5.96. The van der Waals surface area contributed by atoms with E-state index in [-0.39, 0.29) is 5.41 Å². The molecule has 0 unspecified atom stereocenters. The Morgan fingerprint density at radius 1 is 1.54 bits per heavy atom. The van der Waals surface area contributed by atoms with Gasteiger partial charge in [0.1, 0.15) is 5.82 Å². The van der Waals surface area contributed by atoms with E-state index in [1.165, 1.54) is 0 Å². The second kappa shape index (κ2) is 3.20. The van der Waals surface area contributed by atoms with Crippen LogP contribution < -0.4 is 0 Å². The number of aryl methyl sites for hydroxylation is 1. The summed E-state index contributed by atoms with van der Waals surface area (Å²) in [5.41, 5.74) is -0.194. The van der Waals surface area contributed by atoms with Crippen molar-refractivity contribution in [1.29, 1.82) is 0 Å². The molecule has 0 aliphatic rings. The Kier molecular flexibility index (Phi) is 2.40. The van der Waals surface area contributed by atoms with Crippen molar-refractivity contribution in [3.8, 4) is 0 Å². The zero-order chi connectivity index (χ0) is 10.1. The summed E-state index contributed by atoms with van der Waals surface area (Å²) >= 11 is 0. The van der Waals surface area contributed by atoms with Crippen LogP contribution in [0.1, 0.15) is 26.6 Å². The van der Waals surface area contributed by atoms with E-state index >= 15 is 0 Å². The smallest absolute Gasteiger partial charge is 0.159 e. The Bertz CT molecular complexity index is 320. The van der Waals surface area contributed by atoms with Crippen LogP contribution in [0.4, 0.5) is 0 Å². The van der Waals surface area contributed by atoms with E-state index in [0.29, 0.717) is 5.84 Å². The molecule has 0 aliphatic carbocycles. The van der Waals surface area contributed by atoms with Crippen molar-refractivity contribution >= 4 is 5.84 Å². The fourth-order valence-electron chi connectivity index (χ4n) is 1.16. The van der Waals surface area contributed by atoms with Gasteiger partial charge >= 0.3 is 0 Å². The molecular formula is C9H15N3O. The van der Waals surface area contributed by atoms with Crippen LogP contribution >= 0.6 is 0 Å². The van der Waals surface area contributed by atoms with Gasteiger partial charge in [-0.2, -0.15) is 0 Å². The molecular weight excluding hydrogens is 166 g/mol. The molecule has 0 fully saturated rings. The van der Waals surface area contributed by atoms with Crippen molar-refractivity contribution in [3.05, 3.63) is 18.2 Å². The SMILES string of the molecule is Cc1nccn1C(=NO)C(C)(C)C. The lowest BCUT2D eigenvalue weighted by molar-refractivity contribution is 0.307. The Morgan fingerprint density at radius 3 is 2.46 bits per heavy atom. The summed E-state index contributed by atoms with van der Waals surface area (Å²) in [6, 6.07) is 0. The maximum absolute atomic E-state index is 8.90. The van der Waals surface area contributed by atoms with Gasteiger partial charge in [0.15, 0.2) is 5.84 Å². The van der Waals surface area contributed by atoms with Crippen molar-refractivity contribution in [2.75, 3.05) is 0 Å². The highest BCUT2D eigenvalue weighted by Gasteiger charge is 2.22. The molecule has 0 saturated heterocycles. The average molecular weight is 181 g/mol. The Morgan fingerprint density at radius 2 is 2.15 bits per heavy atom. The molecule has 1 rings (SSSR count). The zero-order valence-corrected chi connectivity index (χ0v) is 8.44. The third kappa shape index (κ3) is 1.88. The third-order valence-corrected chi connectivity index (χ3v) is 1.82. The first kappa shape index (κ1) is 9.77. The Balaban J connectivity index is 3.14. The average Bonchev–Trinajstić information content (AvgIpc) is 2.35. The van der Waals surface area contributed by atoms with Crippen molar-refractivity contribution in [3.63, 3.8) is 0 Å². The van der Waals surface area contributed by atoms with Crippen LogP contribution in [0.3, 0.4) is 0 Å². The number of rotatable bonds is 0. The maximum atomic E-state index is 8.90. The molecule has 0 spiro atoms. The monoisotopic (exact) mass is 181 g/mol. The fourth-order valence-corrected chi connectivity index (χ4v) is 1.16. The second-order valence-corrected chi connectivity index (χ2v) is 4.02. The summed E-state index contributed by atoms with van der Waals surface area (Å²) in [7, 11) is 0. The van der Waals surface area contributed by atoms with Crippen LogP contribution in [-0.2, 0) is 0 Å². The summed E-state index contributed by atoms with van der Waals surface area (Å²) < 4.78 is 1.78. The van der Waals surface area contributed by atoms with Crippen LogP contribution in [0, 0.1) is 12.3 Å². The number of imidazole rings is 1. The molecule has 1 N–H and O–H groups in total. The third-order valence-electron chi connectivity index (χ3n) is 1.82. The number of hydrogen-bond acceptors (Lipinski definition) is 3. The molecule has 0 radical (unpaired) electrons. The quantitative estimate of drug-likeness (QED) is 0.287. The molecule has 4 heteroatoms. The molecule has 0 amide bonds. The van der Waals surface area contributed by atoms with E-state index in [0.717, 1.165) is 5.82 Å². The summed E-state index contributed by atoms with van der Waals surface area (Å²) in [5, 5.41) is 12.2. The van der Waals surface area contributed by atoms with Gasteiger partial charge < -0.3 is 5.21 Å². The molecule has 1 aromatic heterocycles. The Hall–Kier alpha value is -1.32. The number of hydrogen-bond donors (Lipinski definition) is 1. The molecule has 0 aromatic carbocycles. The molecule has 4 nitrogen and oxygen atoms in total. The second-order valence-electron chi connectivity index (χ2n) is 4.02. The van der Waals surface area contributed by atoms with Gasteiger partial charge in [-0.15, -0.1) is 0 Å². The minimum absolute atomic E-state index is 0.194. The van der Waals surface area contributed by atoms with Gasteiger partial charge in [-0.05, 0) is 6.92 Å². The highest BCUT2D eigenvalue weighted by atomic mass is 16.4. The van der Waals surface area contributed by atoms with Gasteiger partial charge in [0, 0.05) is 17.8 Å². The zero-order valence-electron chi connectivity index (χ0n) is 8.44. The van der Waals surface area contributed by atoms with E-state index in [2.05, 4.69) is 10.1 Å². The molecule has 72 valence electrons. The number of nitrogens with zero attached hydrogens (tertiary/aromatic N) is 3. The molecule has 1 heterocycles. The topological polar surface area (TPSA) is 50.4 Å². The molecule has 13 heavy (non-hydrogen) atoms. The lowest BCUT2D eigenvalue weighted by Crippen LogP contribution is -2.28. The number of aromatic nitrogens is 2. The normalized spacial score (nSPS) is 13.4. The summed E-state index contributed by atoms with van der Waals surface area (Å²) in [6.45, 7) is 7.83. The van der Waals surface area contributed by atoms with Crippen molar-refractivity contribution in [2.24, 2.45) is 10.6 Å². The van der Waals surface area contributed by atoms with Crippen LogP contribution in [-0.4, -0.2) is 20.6 Å².